The number of hydrogen-bond donors (Lipinski definition) is 3. The summed E-state index contributed by atoms with van der Waals surface area (Å²) >= 11 is 0. The number of benzene rings is 1. The molecule has 1 saturated carbocycles. The largest absolute Gasteiger partial charge is 0.395 e. The van der Waals surface area contributed by atoms with E-state index in [1.165, 1.54) is 12.8 Å². The third-order valence-corrected chi connectivity index (χ3v) is 9.06. The zero-order valence-corrected chi connectivity index (χ0v) is 28.5. The number of hydrogen-bond acceptors (Lipinski definition) is 7. The zero-order chi connectivity index (χ0) is 32.5. The second-order valence-electron chi connectivity index (χ2n) is 12.9. The van der Waals surface area contributed by atoms with E-state index >= 15 is 0 Å². The van der Waals surface area contributed by atoms with Crippen molar-refractivity contribution in [2.24, 2.45) is 11.3 Å². The van der Waals surface area contributed by atoms with E-state index in [0.717, 1.165) is 43.2 Å². The smallest absolute Gasteiger partial charge is 0.258 e. The Labute approximate surface area is 266 Å². The van der Waals surface area contributed by atoms with Crippen LogP contribution in [0.5, 0.6) is 0 Å². The van der Waals surface area contributed by atoms with E-state index in [9.17, 15) is 13.4 Å². The Kier molecular flexibility index (Phi) is 13.0. The lowest BCUT2D eigenvalue weighted by Crippen LogP contribution is -2.41. The van der Waals surface area contributed by atoms with Crippen LogP contribution >= 0.6 is 0 Å². The first-order valence-electron chi connectivity index (χ1n) is 16.1. The van der Waals surface area contributed by atoms with Gasteiger partial charge in [-0.2, -0.15) is 4.98 Å². The Morgan fingerprint density at radius 1 is 1.00 bits per heavy atom. The molecule has 1 unspecified atom stereocenters. The number of rotatable bonds is 8. The zero-order valence-electron chi connectivity index (χ0n) is 27.7. The topological polar surface area (TPSA) is 111 Å². The SMILES string of the molecule is CC.CC(C)C.Cc1cc(NC(=O)c2ccc(NS(=O)CCO)cc2N2CCC3(CC2)CC3)nc(N2CCC(C)(F)CC2)n1. The van der Waals surface area contributed by atoms with Gasteiger partial charge in [-0.3, -0.25) is 4.79 Å². The van der Waals surface area contributed by atoms with Crippen molar-refractivity contribution in [3.05, 3.63) is 35.5 Å². The molecule has 1 aliphatic carbocycles. The van der Waals surface area contributed by atoms with E-state index in [2.05, 4.69) is 45.7 Å². The molecule has 3 heterocycles. The molecular weight excluding hydrogens is 579 g/mol. The van der Waals surface area contributed by atoms with Crippen LogP contribution in [0, 0.1) is 18.3 Å². The number of nitrogens with zero attached hydrogens (tertiary/aromatic N) is 4. The number of aliphatic hydroxyl groups excluding tert-OH is 1. The Morgan fingerprint density at radius 3 is 2.16 bits per heavy atom. The quantitative estimate of drug-likeness (QED) is 0.305. The minimum atomic E-state index is -1.41. The minimum absolute atomic E-state index is 0.126. The molecule has 2 saturated heterocycles. The summed E-state index contributed by atoms with van der Waals surface area (Å²) in [7, 11) is -1.41. The van der Waals surface area contributed by atoms with E-state index in [-0.39, 0.29) is 18.3 Å². The van der Waals surface area contributed by atoms with E-state index < -0.39 is 16.7 Å². The van der Waals surface area contributed by atoms with Crippen molar-refractivity contribution >= 4 is 40.0 Å². The monoisotopic (exact) mass is 632 g/mol. The molecule has 3 N–H and O–H groups in total. The van der Waals surface area contributed by atoms with Gasteiger partial charge in [-0.15, -0.1) is 0 Å². The number of aryl methyl sites for hydroxylation is 1. The maximum absolute atomic E-state index is 14.3. The molecule has 3 fully saturated rings. The van der Waals surface area contributed by atoms with Crippen LogP contribution in [0.15, 0.2) is 24.3 Å². The van der Waals surface area contributed by atoms with E-state index in [4.69, 9.17) is 5.11 Å². The predicted octanol–water partition coefficient (Wildman–Crippen LogP) is 6.50. The van der Waals surface area contributed by atoms with E-state index in [1.54, 1.807) is 25.1 Å². The van der Waals surface area contributed by atoms with Crippen molar-refractivity contribution in [1.82, 2.24) is 9.97 Å². The highest BCUT2D eigenvalue weighted by Gasteiger charge is 2.44. The molecule has 11 heteroatoms. The predicted molar refractivity (Wildman–Crippen MR) is 181 cm³/mol. The van der Waals surface area contributed by atoms with Crippen molar-refractivity contribution in [3.63, 3.8) is 0 Å². The molecule has 2 aromatic rings. The van der Waals surface area contributed by atoms with Gasteiger partial charge < -0.3 is 24.9 Å². The molecule has 1 amide bonds. The van der Waals surface area contributed by atoms with Gasteiger partial charge in [-0.1, -0.05) is 34.6 Å². The number of anilines is 4. The lowest BCUT2D eigenvalue weighted by molar-refractivity contribution is 0.102. The summed E-state index contributed by atoms with van der Waals surface area (Å²) in [5.74, 6) is 1.57. The first-order valence-corrected chi connectivity index (χ1v) is 17.5. The number of carbonyl (C=O) groups is 1. The Hall–Kier alpha value is -2.79. The molecule has 1 atom stereocenters. The standard InChI is InChI=1S/C27H37FN6O3S.C4H10.C2H6/c1-19-17-23(31-25(29-19)34-11-7-26(2,28)8-12-34)30-24(36)21-4-3-20(32-38(37)16-15-35)18-22(21)33-13-9-27(5-6-27)10-14-33;1-4(2)3;1-2/h3-4,17-18,32,35H,5-16H2,1-2H3,(H,29,30,31,36);4H,1-3H3;1-2H3. The summed E-state index contributed by atoms with van der Waals surface area (Å²) < 4.78 is 29.4. The van der Waals surface area contributed by atoms with E-state index in [1.807, 2.05) is 31.7 Å². The average molecular weight is 633 g/mol. The number of nitrogens with one attached hydrogen (secondary N) is 2. The highest BCUT2D eigenvalue weighted by atomic mass is 32.2. The van der Waals surface area contributed by atoms with Gasteiger partial charge >= 0.3 is 0 Å². The number of aliphatic hydroxyl groups is 1. The fraction of sp³-hybridized carbons (Fsp3) is 0.667. The summed E-state index contributed by atoms with van der Waals surface area (Å²) in [4.78, 5) is 26.9. The fourth-order valence-electron chi connectivity index (χ4n) is 5.33. The van der Waals surface area contributed by atoms with Crippen LogP contribution in [0.1, 0.15) is 96.1 Å². The van der Waals surface area contributed by atoms with Gasteiger partial charge in [-0.05, 0) is 81.9 Å². The summed E-state index contributed by atoms with van der Waals surface area (Å²) in [6.07, 6.45) is 5.60. The third-order valence-electron chi connectivity index (χ3n) is 8.05. The average Bonchev–Trinajstić information content (AvgIpc) is 3.72. The Bertz CT molecular complexity index is 1250. The molecule has 246 valence electrons. The number of aromatic nitrogens is 2. The first kappa shape index (κ1) is 35.7. The van der Waals surface area contributed by atoms with Crippen molar-refractivity contribution < 1.29 is 18.5 Å². The molecule has 1 spiro atoms. The third kappa shape index (κ3) is 10.4. The Balaban J connectivity index is 0.000000816. The molecule has 44 heavy (non-hydrogen) atoms. The molecule has 0 radical (unpaired) electrons. The highest BCUT2D eigenvalue weighted by Crippen LogP contribution is 2.54. The normalized spacial score (nSPS) is 18.9. The number of carbonyl (C=O) groups excluding carboxylic acids is 1. The summed E-state index contributed by atoms with van der Waals surface area (Å²) in [5.41, 5.74) is 1.97. The number of halogens is 1. The summed E-state index contributed by atoms with van der Waals surface area (Å²) in [6.45, 7) is 16.6. The number of amides is 1. The second-order valence-corrected chi connectivity index (χ2v) is 14.2. The van der Waals surface area contributed by atoms with Gasteiger partial charge in [0, 0.05) is 43.6 Å². The number of alkyl halides is 1. The van der Waals surface area contributed by atoms with Crippen LogP contribution in [0.4, 0.5) is 27.5 Å². The maximum Gasteiger partial charge on any atom is 0.258 e. The van der Waals surface area contributed by atoms with Crippen molar-refractivity contribution in [2.75, 3.05) is 58.4 Å². The van der Waals surface area contributed by atoms with Crippen LogP contribution < -0.4 is 19.8 Å². The molecule has 1 aromatic carbocycles. The highest BCUT2D eigenvalue weighted by molar-refractivity contribution is 7.86. The van der Waals surface area contributed by atoms with Gasteiger partial charge in [0.1, 0.15) is 22.5 Å². The van der Waals surface area contributed by atoms with Crippen LogP contribution in [-0.4, -0.2) is 69.4 Å². The van der Waals surface area contributed by atoms with Crippen molar-refractivity contribution in [1.29, 1.82) is 0 Å². The molecule has 3 aliphatic rings. The van der Waals surface area contributed by atoms with Crippen LogP contribution in [0.25, 0.3) is 0 Å². The lowest BCUT2D eigenvalue weighted by Gasteiger charge is -2.35. The molecule has 0 bridgehead atoms. The van der Waals surface area contributed by atoms with Crippen molar-refractivity contribution in [2.45, 2.75) is 92.7 Å². The molecule has 1 aromatic heterocycles. The molecule has 2 aliphatic heterocycles. The fourth-order valence-corrected chi connectivity index (χ4v) is 5.99. The second kappa shape index (κ2) is 16.0. The van der Waals surface area contributed by atoms with Crippen LogP contribution in [0.2, 0.25) is 0 Å². The maximum atomic E-state index is 14.3. The van der Waals surface area contributed by atoms with Gasteiger partial charge in [0.2, 0.25) is 5.95 Å². The minimum Gasteiger partial charge on any atom is -0.395 e. The Morgan fingerprint density at radius 2 is 1.59 bits per heavy atom. The van der Waals surface area contributed by atoms with Gasteiger partial charge in [0.05, 0.1) is 23.6 Å². The summed E-state index contributed by atoms with van der Waals surface area (Å²) in [5, 5.41) is 12.1. The van der Waals surface area contributed by atoms with Crippen LogP contribution in [0.3, 0.4) is 0 Å². The summed E-state index contributed by atoms with van der Waals surface area (Å²) in [6, 6.07) is 7.08. The lowest BCUT2D eigenvalue weighted by atomic mass is 9.93. The van der Waals surface area contributed by atoms with Gasteiger partial charge in [0.25, 0.3) is 5.91 Å². The number of piperidine rings is 2. The van der Waals surface area contributed by atoms with E-state index in [0.29, 0.717) is 54.4 Å². The first-order chi connectivity index (χ1) is 20.9. The van der Waals surface area contributed by atoms with Crippen LogP contribution in [-0.2, 0) is 11.0 Å². The van der Waals surface area contributed by atoms with Gasteiger partial charge in [-0.25, -0.2) is 13.6 Å². The molecule has 9 nitrogen and oxygen atoms in total. The molecular formula is C33H53FN6O3S. The molecule has 5 rings (SSSR count). The van der Waals surface area contributed by atoms with Crippen molar-refractivity contribution in [3.8, 4) is 0 Å². The van der Waals surface area contributed by atoms with Gasteiger partial charge in [0.15, 0.2) is 0 Å².